The minimum Gasteiger partial charge on any atom is -0.328 e. The van der Waals surface area contributed by atoms with E-state index in [1.165, 1.54) is 6.07 Å². The third kappa shape index (κ3) is 1.94. The number of aromatic amines is 1. The van der Waals surface area contributed by atoms with Crippen molar-refractivity contribution >= 4 is 34.9 Å². The van der Waals surface area contributed by atoms with Gasteiger partial charge < -0.3 is 4.98 Å². The number of halogens is 3. The highest BCUT2D eigenvalue weighted by molar-refractivity contribution is 7.71. The Morgan fingerprint density at radius 2 is 2.00 bits per heavy atom. The molecule has 0 aliphatic carbocycles. The average Bonchev–Trinajstić information content (AvgIpc) is 2.67. The number of benzene rings is 2. The molecular formula is C14H9ClF2N2S. The fraction of sp³-hybridized carbons (Fsp3) is 0.0714. The van der Waals surface area contributed by atoms with Gasteiger partial charge in [-0.25, -0.2) is 8.78 Å². The van der Waals surface area contributed by atoms with Crippen molar-refractivity contribution in [1.82, 2.24) is 9.55 Å². The molecular weight excluding hydrogens is 302 g/mol. The molecule has 0 saturated heterocycles. The molecule has 6 heteroatoms. The van der Waals surface area contributed by atoms with Crippen LogP contribution in [0.3, 0.4) is 0 Å². The van der Waals surface area contributed by atoms with Crippen LogP contribution in [0.4, 0.5) is 8.78 Å². The van der Waals surface area contributed by atoms with E-state index >= 15 is 0 Å². The minimum absolute atomic E-state index is 0.163. The van der Waals surface area contributed by atoms with E-state index in [0.29, 0.717) is 16.2 Å². The van der Waals surface area contributed by atoms with E-state index in [0.717, 1.165) is 11.6 Å². The van der Waals surface area contributed by atoms with Crippen molar-refractivity contribution in [2.75, 3.05) is 0 Å². The topological polar surface area (TPSA) is 20.7 Å². The van der Waals surface area contributed by atoms with Gasteiger partial charge in [0.15, 0.2) is 10.6 Å². The summed E-state index contributed by atoms with van der Waals surface area (Å²) in [6.07, 6.45) is 0. The number of rotatable bonds is 1. The van der Waals surface area contributed by atoms with Gasteiger partial charge in [0.2, 0.25) is 0 Å². The molecule has 0 aliphatic rings. The van der Waals surface area contributed by atoms with Crippen LogP contribution in [-0.4, -0.2) is 9.55 Å². The monoisotopic (exact) mass is 310 g/mol. The molecule has 1 N–H and O–H groups in total. The van der Waals surface area contributed by atoms with Crippen LogP contribution in [0.1, 0.15) is 5.56 Å². The molecule has 2 aromatic carbocycles. The van der Waals surface area contributed by atoms with Crippen molar-refractivity contribution in [2.45, 2.75) is 6.92 Å². The molecule has 0 saturated carbocycles. The SMILES string of the molecule is Cc1cccc(Cl)c1-n1c(=S)[nH]c2c(F)cc(F)cc21. The number of nitrogens with one attached hydrogen (secondary N) is 1. The van der Waals surface area contributed by atoms with Gasteiger partial charge in [0.05, 0.1) is 16.2 Å². The number of imidazole rings is 1. The number of hydrogen-bond donors (Lipinski definition) is 1. The Hall–Kier alpha value is -1.72. The summed E-state index contributed by atoms with van der Waals surface area (Å²) in [6.45, 7) is 1.86. The number of aromatic nitrogens is 2. The molecule has 0 fully saturated rings. The molecule has 0 amide bonds. The van der Waals surface area contributed by atoms with Crippen molar-refractivity contribution < 1.29 is 8.78 Å². The molecule has 0 radical (unpaired) electrons. The van der Waals surface area contributed by atoms with E-state index in [-0.39, 0.29) is 10.3 Å². The number of nitrogens with zero attached hydrogens (tertiary/aromatic N) is 1. The predicted molar refractivity (Wildman–Crippen MR) is 78.1 cm³/mol. The fourth-order valence-electron chi connectivity index (χ4n) is 2.26. The number of fused-ring (bicyclic) bond motifs is 1. The summed E-state index contributed by atoms with van der Waals surface area (Å²) in [7, 11) is 0. The van der Waals surface area contributed by atoms with Crippen molar-refractivity contribution in [3.63, 3.8) is 0 Å². The van der Waals surface area contributed by atoms with Crippen LogP contribution in [-0.2, 0) is 0 Å². The first kappa shape index (κ1) is 13.3. The van der Waals surface area contributed by atoms with Gasteiger partial charge >= 0.3 is 0 Å². The predicted octanol–water partition coefficient (Wildman–Crippen LogP) is 4.93. The second kappa shape index (κ2) is 4.68. The Labute approximate surface area is 123 Å². The van der Waals surface area contributed by atoms with Crippen molar-refractivity contribution in [3.8, 4) is 5.69 Å². The van der Waals surface area contributed by atoms with Crippen molar-refractivity contribution in [2.24, 2.45) is 0 Å². The van der Waals surface area contributed by atoms with Gasteiger partial charge in [-0.05, 0) is 30.8 Å². The molecule has 0 aliphatic heterocycles. The zero-order valence-corrected chi connectivity index (χ0v) is 11.9. The Balaban J connectivity index is 2.49. The van der Waals surface area contributed by atoms with Crippen LogP contribution >= 0.6 is 23.8 Å². The fourth-order valence-corrected chi connectivity index (χ4v) is 2.86. The first-order chi connectivity index (χ1) is 9.49. The molecule has 0 spiro atoms. The summed E-state index contributed by atoms with van der Waals surface area (Å²) in [6, 6.07) is 7.42. The highest BCUT2D eigenvalue weighted by Crippen LogP contribution is 2.29. The van der Waals surface area contributed by atoms with E-state index in [2.05, 4.69) is 4.98 Å². The molecule has 102 valence electrons. The molecule has 3 rings (SSSR count). The van der Waals surface area contributed by atoms with Crippen molar-refractivity contribution in [1.29, 1.82) is 0 Å². The van der Waals surface area contributed by atoms with Crippen LogP contribution in [0.2, 0.25) is 5.02 Å². The Morgan fingerprint density at radius 1 is 1.25 bits per heavy atom. The molecule has 3 aromatic rings. The van der Waals surface area contributed by atoms with Gasteiger partial charge in [0.25, 0.3) is 0 Å². The minimum atomic E-state index is -0.686. The lowest BCUT2D eigenvalue weighted by Gasteiger charge is -2.10. The molecule has 0 unspecified atom stereocenters. The molecule has 0 bridgehead atoms. The standard InChI is InChI=1S/C14H9ClF2N2S/c1-7-3-2-4-9(15)13(7)19-11-6-8(16)5-10(17)12(11)18-14(19)20/h2-6H,1H3,(H,18,20). The number of hydrogen-bond acceptors (Lipinski definition) is 1. The van der Waals surface area contributed by atoms with Crippen LogP contribution < -0.4 is 0 Å². The van der Waals surface area contributed by atoms with Crippen LogP contribution in [0.15, 0.2) is 30.3 Å². The smallest absolute Gasteiger partial charge is 0.182 e. The summed E-state index contributed by atoms with van der Waals surface area (Å²) in [5, 5.41) is 0.465. The van der Waals surface area contributed by atoms with Gasteiger partial charge in [0.1, 0.15) is 11.3 Å². The zero-order valence-electron chi connectivity index (χ0n) is 10.4. The number of para-hydroxylation sites is 1. The maximum atomic E-state index is 13.8. The van der Waals surface area contributed by atoms with E-state index in [1.54, 1.807) is 16.7 Å². The lowest BCUT2D eigenvalue weighted by molar-refractivity contribution is 0.590. The Bertz CT molecular complexity index is 862. The van der Waals surface area contributed by atoms with Crippen LogP contribution in [0, 0.1) is 23.3 Å². The normalized spacial score (nSPS) is 11.2. The second-order valence-electron chi connectivity index (χ2n) is 4.45. The zero-order chi connectivity index (χ0) is 14.4. The van der Waals surface area contributed by atoms with Gasteiger partial charge in [-0.15, -0.1) is 0 Å². The average molecular weight is 311 g/mol. The molecule has 0 atom stereocenters. The highest BCUT2D eigenvalue weighted by atomic mass is 35.5. The first-order valence-electron chi connectivity index (χ1n) is 5.84. The molecule has 2 nitrogen and oxygen atoms in total. The Morgan fingerprint density at radius 3 is 2.70 bits per heavy atom. The van der Waals surface area contributed by atoms with Gasteiger partial charge in [-0.1, -0.05) is 23.7 Å². The van der Waals surface area contributed by atoms with Crippen LogP contribution in [0.25, 0.3) is 16.7 Å². The molecule has 1 aromatic heterocycles. The highest BCUT2D eigenvalue weighted by Gasteiger charge is 2.15. The third-order valence-corrected chi connectivity index (χ3v) is 3.71. The number of H-pyrrole nitrogens is 1. The van der Waals surface area contributed by atoms with Gasteiger partial charge in [-0.2, -0.15) is 0 Å². The van der Waals surface area contributed by atoms with E-state index in [4.69, 9.17) is 23.8 Å². The number of aryl methyl sites for hydroxylation is 1. The first-order valence-corrected chi connectivity index (χ1v) is 6.63. The summed E-state index contributed by atoms with van der Waals surface area (Å²) in [5.41, 5.74) is 1.97. The maximum Gasteiger partial charge on any atom is 0.182 e. The van der Waals surface area contributed by atoms with Gasteiger partial charge in [-0.3, -0.25) is 4.57 Å². The summed E-state index contributed by atoms with van der Waals surface area (Å²) < 4.78 is 29.1. The lowest BCUT2D eigenvalue weighted by atomic mass is 10.2. The second-order valence-corrected chi connectivity index (χ2v) is 5.25. The third-order valence-electron chi connectivity index (χ3n) is 3.12. The lowest BCUT2D eigenvalue weighted by Crippen LogP contribution is -1.98. The van der Waals surface area contributed by atoms with E-state index in [9.17, 15) is 8.78 Å². The van der Waals surface area contributed by atoms with E-state index < -0.39 is 11.6 Å². The van der Waals surface area contributed by atoms with Crippen molar-refractivity contribution in [3.05, 3.63) is 57.3 Å². The quantitative estimate of drug-likeness (QED) is 0.632. The summed E-state index contributed by atoms with van der Waals surface area (Å²) in [4.78, 5) is 2.75. The van der Waals surface area contributed by atoms with Crippen LogP contribution in [0.5, 0.6) is 0 Å². The maximum absolute atomic E-state index is 13.8. The molecule has 1 heterocycles. The summed E-state index contributed by atoms with van der Waals surface area (Å²) in [5.74, 6) is -1.35. The summed E-state index contributed by atoms with van der Waals surface area (Å²) >= 11 is 11.4. The molecule has 20 heavy (non-hydrogen) atoms. The largest absolute Gasteiger partial charge is 0.328 e. The van der Waals surface area contributed by atoms with Gasteiger partial charge in [0, 0.05) is 12.1 Å². The Kier molecular flexibility index (Phi) is 3.11. The van der Waals surface area contributed by atoms with E-state index in [1.807, 2.05) is 13.0 Å².